The van der Waals surface area contributed by atoms with Gasteiger partial charge in [0.2, 0.25) is 5.91 Å². The first-order chi connectivity index (χ1) is 7.52. The van der Waals surface area contributed by atoms with Crippen molar-refractivity contribution in [3.05, 3.63) is 22.7 Å². The summed E-state index contributed by atoms with van der Waals surface area (Å²) in [6.07, 6.45) is 0.473. The second-order valence-corrected chi connectivity index (χ2v) is 3.94. The third kappa shape index (κ3) is 2.30. The van der Waals surface area contributed by atoms with Crippen LogP contribution in [0.2, 0.25) is 5.02 Å². The molecule has 1 aromatic carbocycles. The molecule has 0 saturated heterocycles. The Kier molecular flexibility index (Phi) is 4.19. The van der Waals surface area contributed by atoms with Gasteiger partial charge in [0, 0.05) is 24.7 Å². The highest BCUT2D eigenvalue weighted by molar-refractivity contribution is 6.32. The lowest BCUT2D eigenvalue weighted by atomic mass is 10.1. The minimum absolute atomic E-state index is 0.0625. The molecule has 1 rings (SSSR count). The topological polar surface area (TPSA) is 29.5 Å². The van der Waals surface area contributed by atoms with Gasteiger partial charge in [-0.1, -0.05) is 18.5 Å². The van der Waals surface area contributed by atoms with Gasteiger partial charge in [-0.15, -0.1) is 0 Å². The normalized spacial score (nSPS) is 10.1. The summed E-state index contributed by atoms with van der Waals surface area (Å²) in [5.41, 5.74) is 1.70. The molecule has 1 amide bonds. The van der Waals surface area contributed by atoms with Gasteiger partial charge in [0.25, 0.3) is 0 Å². The third-order valence-corrected chi connectivity index (χ3v) is 2.87. The molecule has 0 N–H and O–H groups in total. The molecule has 0 saturated carbocycles. The lowest BCUT2D eigenvalue weighted by Gasteiger charge is -2.20. The van der Waals surface area contributed by atoms with E-state index in [-0.39, 0.29) is 5.91 Å². The number of nitrogens with zero attached hydrogens (tertiary/aromatic N) is 1. The Labute approximate surface area is 101 Å². The summed E-state index contributed by atoms with van der Waals surface area (Å²) >= 11 is 5.99. The fraction of sp³-hybridized carbons (Fsp3) is 0.417. The van der Waals surface area contributed by atoms with Gasteiger partial charge in [0.1, 0.15) is 5.75 Å². The van der Waals surface area contributed by atoms with Gasteiger partial charge in [-0.3, -0.25) is 4.79 Å². The summed E-state index contributed by atoms with van der Waals surface area (Å²) in [6, 6.07) is 3.57. The van der Waals surface area contributed by atoms with Gasteiger partial charge in [0.05, 0.1) is 12.1 Å². The number of rotatable bonds is 3. The molecule has 0 unspecified atom stereocenters. The predicted molar refractivity (Wildman–Crippen MR) is 66.4 cm³/mol. The zero-order valence-electron chi connectivity index (χ0n) is 10.0. The molecule has 88 valence electrons. The molecule has 0 heterocycles. The maximum atomic E-state index is 11.6. The van der Waals surface area contributed by atoms with E-state index in [2.05, 4.69) is 0 Å². The van der Waals surface area contributed by atoms with Gasteiger partial charge in [0.15, 0.2) is 0 Å². The number of amides is 1. The number of anilines is 1. The third-order valence-electron chi connectivity index (χ3n) is 2.57. The summed E-state index contributed by atoms with van der Waals surface area (Å²) in [5, 5.41) is 0.557. The van der Waals surface area contributed by atoms with E-state index in [4.69, 9.17) is 16.3 Å². The largest absolute Gasteiger partial charge is 0.495 e. The molecule has 3 nitrogen and oxygen atoms in total. The van der Waals surface area contributed by atoms with Gasteiger partial charge in [-0.2, -0.15) is 0 Å². The molecule has 4 heteroatoms. The van der Waals surface area contributed by atoms with E-state index >= 15 is 0 Å². The van der Waals surface area contributed by atoms with E-state index in [1.54, 1.807) is 25.1 Å². The van der Waals surface area contributed by atoms with Crippen molar-refractivity contribution >= 4 is 23.2 Å². The van der Waals surface area contributed by atoms with Gasteiger partial charge < -0.3 is 9.64 Å². The van der Waals surface area contributed by atoms with Crippen molar-refractivity contribution in [2.75, 3.05) is 19.1 Å². The summed E-state index contributed by atoms with van der Waals surface area (Å²) in [4.78, 5) is 13.2. The minimum Gasteiger partial charge on any atom is -0.495 e. The molecule has 0 spiro atoms. The molecular weight excluding hydrogens is 226 g/mol. The van der Waals surface area contributed by atoms with Crippen LogP contribution in [0.1, 0.15) is 18.9 Å². The number of hydrogen-bond donors (Lipinski definition) is 0. The van der Waals surface area contributed by atoms with Crippen LogP contribution in [0.25, 0.3) is 0 Å². The SMILES string of the molecule is CCC(=O)N(C)c1ccc(Cl)c(OC)c1C. The quantitative estimate of drug-likeness (QED) is 0.814. The Hall–Kier alpha value is -1.22. The second-order valence-electron chi connectivity index (χ2n) is 3.53. The molecule has 0 aliphatic rings. The molecule has 0 atom stereocenters. The van der Waals surface area contributed by atoms with Crippen molar-refractivity contribution in [3.63, 3.8) is 0 Å². The van der Waals surface area contributed by atoms with Crippen molar-refractivity contribution in [2.45, 2.75) is 20.3 Å². The Balaban J connectivity index is 3.20. The van der Waals surface area contributed by atoms with Crippen LogP contribution in [0.5, 0.6) is 5.75 Å². The summed E-state index contributed by atoms with van der Waals surface area (Å²) in [7, 11) is 3.32. The zero-order valence-corrected chi connectivity index (χ0v) is 10.8. The standard InChI is InChI=1S/C12H16ClNO2/c1-5-11(15)14(3)10-7-6-9(13)12(16-4)8(10)2/h6-7H,5H2,1-4H3. The van der Waals surface area contributed by atoms with Crippen molar-refractivity contribution in [1.82, 2.24) is 0 Å². The highest BCUT2D eigenvalue weighted by Gasteiger charge is 2.15. The van der Waals surface area contributed by atoms with Crippen molar-refractivity contribution < 1.29 is 9.53 Å². The van der Waals surface area contributed by atoms with Crippen LogP contribution in [0.15, 0.2) is 12.1 Å². The van der Waals surface area contributed by atoms with Crippen LogP contribution in [0, 0.1) is 6.92 Å². The first-order valence-electron chi connectivity index (χ1n) is 5.12. The summed E-state index contributed by atoms with van der Waals surface area (Å²) < 4.78 is 5.21. The van der Waals surface area contributed by atoms with Crippen molar-refractivity contribution in [3.8, 4) is 5.75 Å². The zero-order chi connectivity index (χ0) is 12.3. The van der Waals surface area contributed by atoms with Crippen LogP contribution < -0.4 is 9.64 Å². The number of carbonyl (C=O) groups excluding carboxylic acids is 1. The van der Waals surface area contributed by atoms with Gasteiger partial charge in [-0.05, 0) is 19.1 Å². The molecule has 0 radical (unpaired) electrons. The highest BCUT2D eigenvalue weighted by Crippen LogP contribution is 2.34. The van der Waals surface area contributed by atoms with Gasteiger partial charge in [-0.25, -0.2) is 0 Å². The second kappa shape index (κ2) is 5.21. The first kappa shape index (κ1) is 12.8. The molecular formula is C12H16ClNO2. The number of benzene rings is 1. The van der Waals surface area contributed by atoms with Gasteiger partial charge >= 0.3 is 0 Å². The van der Waals surface area contributed by atoms with Crippen LogP contribution in [0.3, 0.4) is 0 Å². The Bertz CT molecular complexity index is 404. The monoisotopic (exact) mass is 241 g/mol. The van der Waals surface area contributed by atoms with Crippen LogP contribution in [-0.2, 0) is 4.79 Å². The number of carbonyl (C=O) groups is 1. The molecule has 0 aromatic heterocycles. The Morgan fingerprint density at radius 2 is 2.12 bits per heavy atom. The molecule has 0 aliphatic carbocycles. The number of ether oxygens (including phenoxy) is 1. The molecule has 0 aliphatic heterocycles. The highest BCUT2D eigenvalue weighted by atomic mass is 35.5. The van der Waals surface area contributed by atoms with Crippen LogP contribution in [0.4, 0.5) is 5.69 Å². The van der Waals surface area contributed by atoms with E-state index < -0.39 is 0 Å². The van der Waals surface area contributed by atoms with E-state index in [1.807, 2.05) is 19.9 Å². The minimum atomic E-state index is 0.0625. The average Bonchev–Trinajstić information content (AvgIpc) is 2.28. The molecule has 0 fully saturated rings. The van der Waals surface area contributed by atoms with E-state index in [0.717, 1.165) is 11.3 Å². The summed E-state index contributed by atoms with van der Waals surface area (Å²) in [5.74, 6) is 0.683. The molecule has 16 heavy (non-hydrogen) atoms. The van der Waals surface area contributed by atoms with E-state index in [0.29, 0.717) is 17.2 Å². The fourth-order valence-corrected chi connectivity index (χ4v) is 1.92. The smallest absolute Gasteiger partial charge is 0.226 e. The molecule has 0 bridgehead atoms. The number of hydrogen-bond acceptors (Lipinski definition) is 2. The van der Waals surface area contributed by atoms with E-state index in [9.17, 15) is 4.79 Å². The Morgan fingerprint density at radius 1 is 1.50 bits per heavy atom. The van der Waals surface area contributed by atoms with Crippen molar-refractivity contribution in [2.24, 2.45) is 0 Å². The maximum Gasteiger partial charge on any atom is 0.226 e. The number of halogens is 1. The number of methoxy groups -OCH3 is 1. The van der Waals surface area contributed by atoms with Crippen LogP contribution in [-0.4, -0.2) is 20.1 Å². The van der Waals surface area contributed by atoms with E-state index in [1.165, 1.54) is 0 Å². The Morgan fingerprint density at radius 3 is 2.62 bits per heavy atom. The summed E-state index contributed by atoms with van der Waals surface area (Å²) in [6.45, 7) is 3.72. The lowest BCUT2D eigenvalue weighted by Crippen LogP contribution is -2.25. The fourth-order valence-electron chi connectivity index (χ4n) is 1.63. The predicted octanol–water partition coefficient (Wildman–Crippen LogP) is 3.03. The van der Waals surface area contributed by atoms with Crippen LogP contribution >= 0.6 is 11.6 Å². The lowest BCUT2D eigenvalue weighted by molar-refractivity contribution is -0.118. The maximum absolute atomic E-state index is 11.6. The molecule has 1 aromatic rings. The van der Waals surface area contributed by atoms with Crippen molar-refractivity contribution in [1.29, 1.82) is 0 Å². The average molecular weight is 242 g/mol. The first-order valence-corrected chi connectivity index (χ1v) is 5.50.